The second-order valence-electron chi connectivity index (χ2n) is 4.16. The number of aryl methyl sites for hydroxylation is 2. The molecule has 0 aliphatic carbocycles. The number of H-pyrrole nitrogens is 1. The number of para-hydroxylation sites is 1. The average molecular weight is 260 g/mol. The quantitative estimate of drug-likeness (QED) is 0.859. The first-order chi connectivity index (χ1) is 9.15. The summed E-state index contributed by atoms with van der Waals surface area (Å²) in [5, 5.41) is 9.07. The van der Waals surface area contributed by atoms with Crippen molar-refractivity contribution in [3.05, 3.63) is 35.7 Å². The van der Waals surface area contributed by atoms with E-state index in [1.807, 2.05) is 31.2 Å². The van der Waals surface area contributed by atoms with E-state index in [1.165, 1.54) is 0 Å². The van der Waals surface area contributed by atoms with Gasteiger partial charge in [-0.2, -0.15) is 4.98 Å². The molecule has 100 valence electrons. The highest BCUT2D eigenvalue weighted by atomic mass is 16.5. The topological polar surface area (TPSA) is 79.9 Å². The summed E-state index contributed by atoms with van der Waals surface area (Å²) >= 11 is 0. The molecule has 6 nitrogen and oxygen atoms in total. The number of carbonyl (C=O) groups is 1. The minimum Gasteiger partial charge on any atom is -0.493 e. The molecule has 0 fully saturated rings. The van der Waals surface area contributed by atoms with Crippen LogP contribution in [0.15, 0.2) is 24.3 Å². The van der Waals surface area contributed by atoms with Crippen LogP contribution < -0.4 is 10.1 Å². The number of nitrogens with one attached hydrogen (secondary N) is 2. The Labute approximate surface area is 111 Å². The van der Waals surface area contributed by atoms with Crippen molar-refractivity contribution in [3.63, 3.8) is 0 Å². The predicted octanol–water partition coefficient (Wildman–Crippen LogP) is 1.83. The molecule has 1 amide bonds. The minimum absolute atomic E-state index is 0.174. The van der Waals surface area contributed by atoms with Crippen LogP contribution in [0.3, 0.4) is 0 Å². The number of amides is 1. The van der Waals surface area contributed by atoms with Gasteiger partial charge in [0.25, 0.3) is 0 Å². The average Bonchev–Trinajstić information content (AvgIpc) is 2.77. The largest absolute Gasteiger partial charge is 0.493 e. The van der Waals surface area contributed by atoms with Gasteiger partial charge in [-0.05, 0) is 25.5 Å². The number of anilines is 1. The maximum Gasteiger partial charge on any atom is 0.248 e. The molecule has 2 N–H and O–H groups in total. The van der Waals surface area contributed by atoms with Gasteiger partial charge in [-0.25, -0.2) is 0 Å². The van der Waals surface area contributed by atoms with E-state index in [0.717, 1.165) is 11.3 Å². The fourth-order valence-electron chi connectivity index (χ4n) is 1.56. The highest BCUT2D eigenvalue weighted by Crippen LogP contribution is 2.16. The third-order valence-electron chi connectivity index (χ3n) is 2.53. The van der Waals surface area contributed by atoms with Crippen LogP contribution in [0.1, 0.15) is 17.8 Å². The van der Waals surface area contributed by atoms with Crippen molar-refractivity contribution in [2.45, 2.75) is 20.3 Å². The molecule has 0 atom stereocenters. The molecule has 2 aromatic rings. The maximum absolute atomic E-state index is 11.6. The number of nitrogens with zero attached hydrogens (tertiary/aromatic N) is 2. The molecule has 1 aromatic carbocycles. The van der Waals surface area contributed by atoms with Crippen molar-refractivity contribution in [1.29, 1.82) is 0 Å². The Balaban J connectivity index is 1.77. The monoisotopic (exact) mass is 260 g/mol. The lowest BCUT2D eigenvalue weighted by atomic mass is 10.2. The molecule has 0 saturated heterocycles. The summed E-state index contributed by atoms with van der Waals surface area (Å²) in [7, 11) is 0. The molecule has 0 aliphatic heterocycles. The van der Waals surface area contributed by atoms with Gasteiger partial charge in [0.2, 0.25) is 11.9 Å². The van der Waals surface area contributed by atoms with Crippen molar-refractivity contribution >= 4 is 11.9 Å². The molecule has 19 heavy (non-hydrogen) atoms. The number of aromatic amines is 1. The normalized spacial score (nSPS) is 10.2. The second kappa shape index (κ2) is 5.99. The summed E-state index contributed by atoms with van der Waals surface area (Å²) in [5.41, 5.74) is 1.05. The Hall–Kier alpha value is -2.37. The van der Waals surface area contributed by atoms with Gasteiger partial charge < -0.3 is 4.74 Å². The van der Waals surface area contributed by atoms with E-state index in [-0.39, 0.29) is 12.3 Å². The van der Waals surface area contributed by atoms with Crippen LogP contribution in [-0.2, 0) is 4.79 Å². The molecular formula is C13H16N4O2. The van der Waals surface area contributed by atoms with Crippen LogP contribution >= 0.6 is 0 Å². The summed E-state index contributed by atoms with van der Waals surface area (Å²) in [6, 6.07) is 7.69. The number of carbonyl (C=O) groups excluding carboxylic acids is 1. The number of rotatable bonds is 5. The maximum atomic E-state index is 11.6. The molecule has 6 heteroatoms. The fourth-order valence-corrected chi connectivity index (χ4v) is 1.56. The first kappa shape index (κ1) is 13.1. The summed E-state index contributed by atoms with van der Waals surface area (Å²) in [6.07, 6.45) is 0.252. The zero-order valence-corrected chi connectivity index (χ0v) is 10.9. The lowest BCUT2D eigenvalue weighted by Crippen LogP contribution is -2.16. The fraction of sp³-hybridized carbons (Fsp3) is 0.308. The SMILES string of the molecule is Cc1nc(NC(=O)CCOc2ccccc2C)n[nH]1. The summed E-state index contributed by atoms with van der Waals surface area (Å²) in [6.45, 7) is 4.05. The van der Waals surface area contributed by atoms with Gasteiger partial charge in [0.1, 0.15) is 11.6 Å². The van der Waals surface area contributed by atoms with Crippen molar-refractivity contribution in [1.82, 2.24) is 15.2 Å². The van der Waals surface area contributed by atoms with Gasteiger partial charge in [0.05, 0.1) is 13.0 Å². The van der Waals surface area contributed by atoms with E-state index >= 15 is 0 Å². The van der Waals surface area contributed by atoms with Crippen molar-refractivity contribution in [2.24, 2.45) is 0 Å². The lowest BCUT2D eigenvalue weighted by Gasteiger charge is -2.08. The van der Waals surface area contributed by atoms with Crippen LogP contribution in [0.5, 0.6) is 5.75 Å². The predicted molar refractivity (Wildman–Crippen MR) is 71.0 cm³/mol. The van der Waals surface area contributed by atoms with Gasteiger partial charge in [-0.3, -0.25) is 15.2 Å². The number of benzene rings is 1. The van der Waals surface area contributed by atoms with Gasteiger partial charge >= 0.3 is 0 Å². The van der Waals surface area contributed by atoms with Crippen LogP contribution in [0.2, 0.25) is 0 Å². The van der Waals surface area contributed by atoms with E-state index in [2.05, 4.69) is 20.5 Å². The van der Waals surface area contributed by atoms with Crippen LogP contribution in [0.4, 0.5) is 5.95 Å². The smallest absolute Gasteiger partial charge is 0.248 e. The third kappa shape index (κ3) is 3.80. The van der Waals surface area contributed by atoms with E-state index in [0.29, 0.717) is 18.4 Å². The molecule has 1 aromatic heterocycles. The molecule has 0 bridgehead atoms. The second-order valence-corrected chi connectivity index (χ2v) is 4.16. The summed E-state index contributed by atoms with van der Waals surface area (Å²) < 4.78 is 5.54. The highest BCUT2D eigenvalue weighted by molar-refractivity contribution is 5.88. The molecule has 0 aliphatic rings. The molecule has 1 heterocycles. The number of hydrogen-bond donors (Lipinski definition) is 2. The standard InChI is InChI=1S/C13H16N4O2/c1-9-5-3-4-6-11(9)19-8-7-12(18)15-13-14-10(2)16-17-13/h3-6H,7-8H2,1-2H3,(H2,14,15,16,17,18). The molecule has 2 rings (SSSR count). The van der Waals surface area contributed by atoms with Crippen molar-refractivity contribution < 1.29 is 9.53 Å². The summed E-state index contributed by atoms with van der Waals surface area (Å²) in [4.78, 5) is 15.6. The van der Waals surface area contributed by atoms with Gasteiger partial charge in [-0.1, -0.05) is 18.2 Å². The molecular weight excluding hydrogens is 244 g/mol. The van der Waals surface area contributed by atoms with Gasteiger partial charge in [0.15, 0.2) is 0 Å². The van der Waals surface area contributed by atoms with Crippen LogP contribution in [0.25, 0.3) is 0 Å². The number of ether oxygens (including phenoxy) is 1. The minimum atomic E-state index is -0.174. The Morgan fingerprint density at radius 1 is 1.37 bits per heavy atom. The van der Waals surface area contributed by atoms with E-state index in [4.69, 9.17) is 4.74 Å². The molecule has 0 saturated carbocycles. The highest BCUT2D eigenvalue weighted by Gasteiger charge is 2.06. The molecule has 0 spiro atoms. The first-order valence-electron chi connectivity index (χ1n) is 6.02. The zero-order chi connectivity index (χ0) is 13.7. The summed E-state index contributed by atoms with van der Waals surface area (Å²) in [5.74, 6) is 1.57. The Bertz CT molecular complexity index is 565. The van der Waals surface area contributed by atoms with Gasteiger partial charge in [-0.15, -0.1) is 5.10 Å². The third-order valence-corrected chi connectivity index (χ3v) is 2.53. The van der Waals surface area contributed by atoms with Crippen LogP contribution in [0, 0.1) is 13.8 Å². The molecule has 0 radical (unpaired) electrons. The van der Waals surface area contributed by atoms with Crippen LogP contribution in [-0.4, -0.2) is 27.7 Å². The zero-order valence-electron chi connectivity index (χ0n) is 10.9. The molecule has 0 unspecified atom stereocenters. The van der Waals surface area contributed by atoms with Crippen molar-refractivity contribution in [2.75, 3.05) is 11.9 Å². The Kier molecular flexibility index (Phi) is 4.12. The Morgan fingerprint density at radius 3 is 2.84 bits per heavy atom. The number of aromatic nitrogens is 3. The Morgan fingerprint density at radius 2 is 2.16 bits per heavy atom. The van der Waals surface area contributed by atoms with E-state index in [1.54, 1.807) is 6.92 Å². The number of hydrogen-bond acceptors (Lipinski definition) is 4. The lowest BCUT2D eigenvalue weighted by molar-refractivity contribution is -0.116. The van der Waals surface area contributed by atoms with Crippen molar-refractivity contribution in [3.8, 4) is 5.75 Å². The van der Waals surface area contributed by atoms with Gasteiger partial charge in [0, 0.05) is 0 Å². The van der Waals surface area contributed by atoms with E-state index < -0.39 is 0 Å². The van der Waals surface area contributed by atoms with E-state index in [9.17, 15) is 4.79 Å². The first-order valence-corrected chi connectivity index (χ1v) is 6.02.